The maximum Gasteiger partial charge on any atom is 0.277 e. The lowest BCUT2D eigenvalue weighted by molar-refractivity contribution is 0.415. The molecule has 0 saturated heterocycles. The fourth-order valence-electron chi connectivity index (χ4n) is 2.80. The van der Waals surface area contributed by atoms with Gasteiger partial charge in [-0.25, -0.2) is 9.37 Å². The first-order valence-electron chi connectivity index (χ1n) is 7.45. The Kier molecular flexibility index (Phi) is 3.30. The fraction of sp³-hybridized carbons (Fsp3) is 0.111. The van der Waals surface area contributed by atoms with E-state index in [9.17, 15) is 9.18 Å². The lowest BCUT2D eigenvalue weighted by Crippen LogP contribution is -2.21. The highest BCUT2D eigenvalue weighted by atomic mass is 19.1. The van der Waals surface area contributed by atoms with Gasteiger partial charge in [-0.3, -0.25) is 9.36 Å². The summed E-state index contributed by atoms with van der Waals surface area (Å²) in [7, 11) is 1.59. The molecule has 2 aromatic carbocycles. The molecule has 4 rings (SSSR count). The van der Waals surface area contributed by atoms with Crippen molar-refractivity contribution in [3.05, 3.63) is 70.5 Å². The molecule has 2 aromatic heterocycles. The standard InChI is InChI=1S/C18H14FN3O2/c1-24-13-6-7-14-15(8-13)21-17-16(14)20-10-22(18(17)23)9-11-2-4-12(19)5-3-11/h2-8,10,21H,9H2,1H3. The van der Waals surface area contributed by atoms with Crippen LogP contribution in [0.4, 0.5) is 4.39 Å². The zero-order valence-electron chi connectivity index (χ0n) is 12.9. The molecule has 4 aromatic rings. The molecule has 0 aliphatic rings. The van der Waals surface area contributed by atoms with Crippen molar-refractivity contribution < 1.29 is 9.13 Å². The van der Waals surface area contributed by atoms with Gasteiger partial charge in [0, 0.05) is 11.5 Å². The number of methoxy groups -OCH3 is 1. The molecule has 0 saturated carbocycles. The Labute approximate surface area is 136 Å². The number of fused-ring (bicyclic) bond motifs is 3. The Morgan fingerprint density at radius 1 is 1.21 bits per heavy atom. The van der Waals surface area contributed by atoms with Crippen molar-refractivity contribution in [1.29, 1.82) is 0 Å². The predicted octanol–water partition coefficient (Wildman–Crippen LogP) is 3.07. The number of ether oxygens (including phenoxy) is 1. The minimum absolute atomic E-state index is 0.167. The molecule has 0 aliphatic carbocycles. The number of hydrogen-bond donors (Lipinski definition) is 1. The van der Waals surface area contributed by atoms with Crippen molar-refractivity contribution in [3.8, 4) is 5.75 Å². The molecule has 0 radical (unpaired) electrons. The van der Waals surface area contributed by atoms with Gasteiger partial charge in [-0.15, -0.1) is 0 Å². The summed E-state index contributed by atoms with van der Waals surface area (Å²) >= 11 is 0. The first-order valence-corrected chi connectivity index (χ1v) is 7.45. The number of aromatic amines is 1. The van der Waals surface area contributed by atoms with Crippen molar-refractivity contribution in [2.75, 3.05) is 7.11 Å². The molecular weight excluding hydrogens is 309 g/mol. The van der Waals surface area contributed by atoms with Gasteiger partial charge in [0.15, 0.2) is 0 Å². The van der Waals surface area contributed by atoms with Crippen LogP contribution >= 0.6 is 0 Å². The van der Waals surface area contributed by atoms with Crippen molar-refractivity contribution in [2.45, 2.75) is 6.54 Å². The minimum atomic E-state index is -0.302. The maximum atomic E-state index is 13.0. The van der Waals surface area contributed by atoms with Gasteiger partial charge in [-0.2, -0.15) is 0 Å². The largest absolute Gasteiger partial charge is 0.497 e. The highest BCUT2D eigenvalue weighted by Gasteiger charge is 2.11. The quantitative estimate of drug-likeness (QED) is 0.630. The van der Waals surface area contributed by atoms with E-state index in [4.69, 9.17) is 4.74 Å². The molecule has 0 unspecified atom stereocenters. The van der Waals surface area contributed by atoms with E-state index >= 15 is 0 Å². The number of nitrogens with one attached hydrogen (secondary N) is 1. The predicted molar refractivity (Wildman–Crippen MR) is 89.9 cm³/mol. The van der Waals surface area contributed by atoms with E-state index in [2.05, 4.69) is 9.97 Å². The third-order valence-corrected chi connectivity index (χ3v) is 4.05. The summed E-state index contributed by atoms with van der Waals surface area (Å²) in [6.45, 7) is 0.334. The van der Waals surface area contributed by atoms with Gasteiger partial charge in [0.1, 0.15) is 22.6 Å². The highest BCUT2D eigenvalue weighted by Crippen LogP contribution is 2.25. The Bertz CT molecular complexity index is 1100. The number of benzene rings is 2. The van der Waals surface area contributed by atoms with E-state index in [1.165, 1.54) is 23.0 Å². The topological polar surface area (TPSA) is 59.9 Å². The van der Waals surface area contributed by atoms with Crippen LogP contribution < -0.4 is 10.3 Å². The first kappa shape index (κ1) is 14.4. The average Bonchev–Trinajstić information content (AvgIpc) is 2.97. The number of nitrogens with zero attached hydrogens (tertiary/aromatic N) is 2. The van der Waals surface area contributed by atoms with Crippen LogP contribution in [0.1, 0.15) is 5.56 Å². The van der Waals surface area contributed by atoms with Gasteiger partial charge in [0.2, 0.25) is 0 Å². The van der Waals surface area contributed by atoms with Crippen molar-refractivity contribution in [1.82, 2.24) is 14.5 Å². The van der Waals surface area contributed by atoms with Gasteiger partial charge in [-0.1, -0.05) is 12.1 Å². The molecular formula is C18H14FN3O2. The van der Waals surface area contributed by atoms with E-state index < -0.39 is 0 Å². The number of aromatic nitrogens is 3. The molecule has 5 nitrogen and oxygen atoms in total. The number of hydrogen-bond acceptors (Lipinski definition) is 3. The Morgan fingerprint density at radius 2 is 2.00 bits per heavy atom. The summed E-state index contributed by atoms with van der Waals surface area (Å²) < 4.78 is 19.7. The summed E-state index contributed by atoms with van der Waals surface area (Å²) in [5, 5.41) is 0.872. The van der Waals surface area contributed by atoms with Crippen molar-refractivity contribution in [2.24, 2.45) is 0 Å². The Balaban J connectivity index is 1.83. The summed E-state index contributed by atoms with van der Waals surface area (Å²) in [5.41, 5.74) is 2.54. The van der Waals surface area contributed by atoms with Gasteiger partial charge >= 0.3 is 0 Å². The molecule has 0 fully saturated rings. The van der Waals surface area contributed by atoms with Crippen LogP contribution in [-0.2, 0) is 6.54 Å². The van der Waals surface area contributed by atoms with Gasteiger partial charge in [0.25, 0.3) is 5.56 Å². The molecule has 0 amide bonds. The highest BCUT2D eigenvalue weighted by molar-refractivity contribution is 6.04. The second-order valence-corrected chi connectivity index (χ2v) is 5.56. The smallest absolute Gasteiger partial charge is 0.277 e. The van der Waals surface area contributed by atoms with Crippen LogP contribution in [0.3, 0.4) is 0 Å². The molecule has 0 bridgehead atoms. The number of halogens is 1. The van der Waals surface area contributed by atoms with Crippen LogP contribution in [0.2, 0.25) is 0 Å². The summed E-state index contributed by atoms with van der Waals surface area (Å²) in [6, 6.07) is 11.6. The maximum absolute atomic E-state index is 13.0. The number of H-pyrrole nitrogens is 1. The lowest BCUT2D eigenvalue weighted by atomic mass is 10.2. The van der Waals surface area contributed by atoms with Crippen molar-refractivity contribution in [3.63, 3.8) is 0 Å². The zero-order chi connectivity index (χ0) is 16.7. The second kappa shape index (κ2) is 5.49. The van der Waals surface area contributed by atoms with Crippen LogP contribution in [0.15, 0.2) is 53.6 Å². The summed E-state index contributed by atoms with van der Waals surface area (Å²) in [5.74, 6) is 0.407. The SMILES string of the molecule is COc1ccc2c(c1)[nH]c1c(=O)n(Cc3ccc(F)cc3)cnc12. The van der Waals surface area contributed by atoms with Gasteiger partial charge in [0.05, 0.1) is 25.5 Å². The molecule has 0 spiro atoms. The van der Waals surface area contributed by atoms with Crippen molar-refractivity contribution >= 4 is 21.9 Å². The van der Waals surface area contributed by atoms with E-state index in [0.717, 1.165) is 16.5 Å². The third-order valence-electron chi connectivity index (χ3n) is 4.05. The molecule has 0 aliphatic heterocycles. The molecule has 0 atom stereocenters. The molecule has 1 N–H and O–H groups in total. The van der Waals surface area contributed by atoms with Crippen LogP contribution in [0, 0.1) is 5.82 Å². The van der Waals surface area contributed by atoms with Crippen LogP contribution in [-0.4, -0.2) is 21.6 Å². The number of rotatable bonds is 3. The third kappa shape index (κ3) is 2.32. The monoisotopic (exact) mass is 323 g/mol. The minimum Gasteiger partial charge on any atom is -0.497 e. The van der Waals surface area contributed by atoms with Gasteiger partial charge < -0.3 is 9.72 Å². The molecule has 6 heteroatoms. The second-order valence-electron chi connectivity index (χ2n) is 5.56. The first-order chi connectivity index (χ1) is 11.7. The van der Waals surface area contributed by atoms with Crippen LogP contribution in [0.25, 0.3) is 21.9 Å². The zero-order valence-corrected chi connectivity index (χ0v) is 12.9. The molecule has 24 heavy (non-hydrogen) atoms. The van der Waals surface area contributed by atoms with E-state index in [1.807, 2.05) is 18.2 Å². The van der Waals surface area contributed by atoms with E-state index in [1.54, 1.807) is 19.2 Å². The molecule has 120 valence electrons. The summed E-state index contributed by atoms with van der Waals surface area (Å²) in [6.07, 6.45) is 1.52. The lowest BCUT2D eigenvalue weighted by Gasteiger charge is -2.05. The van der Waals surface area contributed by atoms with Crippen LogP contribution in [0.5, 0.6) is 5.75 Å². The van der Waals surface area contributed by atoms with Gasteiger partial charge in [-0.05, 0) is 29.8 Å². The Morgan fingerprint density at radius 3 is 2.75 bits per heavy atom. The Hall–Kier alpha value is -3.15. The normalized spacial score (nSPS) is 11.2. The fourth-order valence-corrected chi connectivity index (χ4v) is 2.80. The van der Waals surface area contributed by atoms with E-state index in [0.29, 0.717) is 23.3 Å². The summed E-state index contributed by atoms with van der Waals surface area (Å²) in [4.78, 5) is 20.2. The molecule has 2 heterocycles. The van der Waals surface area contributed by atoms with E-state index in [-0.39, 0.29) is 11.4 Å². The average molecular weight is 323 g/mol.